The van der Waals surface area contributed by atoms with E-state index in [4.69, 9.17) is 4.74 Å². The summed E-state index contributed by atoms with van der Waals surface area (Å²) in [6.07, 6.45) is 10.9. The average Bonchev–Trinajstić information content (AvgIpc) is 3.29. The summed E-state index contributed by atoms with van der Waals surface area (Å²) in [7, 11) is 0. The van der Waals surface area contributed by atoms with Crippen molar-refractivity contribution in [3.8, 4) is 5.75 Å². The molecule has 0 aliphatic heterocycles. The lowest BCUT2D eigenvalue weighted by molar-refractivity contribution is 0.239. The molecule has 1 unspecified atom stereocenters. The Balaban J connectivity index is 1.43. The average molecular weight is 257 g/mol. The van der Waals surface area contributed by atoms with Crippen LogP contribution in [0.2, 0.25) is 0 Å². The van der Waals surface area contributed by atoms with Gasteiger partial charge in [0.1, 0.15) is 5.75 Å². The lowest BCUT2D eigenvalue weighted by Gasteiger charge is -2.18. The third kappa shape index (κ3) is 4.10. The Labute approximate surface area is 115 Å². The van der Waals surface area contributed by atoms with Crippen LogP contribution in [0, 0.1) is 5.92 Å². The third-order valence-corrected chi connectivity index (χ3v) is 3.96. The largest absolute Gasteiger partial charge is 0.493 e. The summed E-state index contributed by atoms with van der Waals surface area (Å²) in [5.74, 6) is 1.70. The fourth-order valence-electron chi connectivity index (χ4n) is 2.47. The number of hydrogen-bond acceptors (Lipinski definition) is 2. The fourth-order valence-corrected chi connectivity index (χ4v) is 2.47. The van der Waals surface area contributed by atoms with Gasteiger partial charge in [-0.05, 0) is 55.7 Å². The van der Waals surface area contributed by atoms with E-state index in [9.17, 15) is 0 Å². The van der Waals surface area contributed by atoms with Crippen molar-refractivity contribution < 1.29 is 4.74 Å². The van der Waals surface area contributed by atoms with Crippen LogP contribution < -0.4 is 10.1 Å². The molecule has 1 N–H and O–H groups in total. The van der Waals surface area contributed by atoms with E-state index in [1.54, 1.807) is 0 Å². The van der Waals surface area contributed by atoms with Gasteiger partial charge in [-0.15, -0.1) is 0 Å². The van der Waals surface area contributed by atoms with Crippen LogP contribution in [-0.2, 0) is 6.54 Å². The standard InChI is InChI=1S/C17H23NO/c1-2-4-15(5-3-1)13-19-17-10-6-14(7-11-17)12-18-16-8-9-16/h1-2,6-7,10-11,15-16,18H,3-5,8-9,12-13H2. The molecular formula is C17H23NO. The number of hydrogen-bond donors (Lipinski definition) is 1. The molecule has 0 bridgehead atoms. The van der Waals surface area contributed by atoms with Gasteiger partial charge in [0.25, 0.3) is 0 Å². The Morgan fingerprint density at radius 3 is 2.58 bits per heavy atom. The Morgan fingerprint density at radius 2 is 1.89 bits per heavy atom. The molecule has 3 rings (SSSR count). The van der Waals surface area contributed by atoms with Crippen LogP contribution in [0.1, 0.15) is 37.7 Å². The van der Waals surface area contributed by atoms with Crippen molar-refractivity contribution in [2.75, 3.05) is 6.61 Å². The molecule has 19 heavy (non-hydrogen) atoms. The van der Waals surface area contributed by atoms with Gasteiger partial charge in [-0.3, -0.25) is 0 Å². The van der Waals surface area contributed by atoms with Crippen molar-refractivity contribution >= 4 is 0 Å². The van der Waals surface area contributed by atoms with Crippen LogP contribution in [0.3, 0.4) is 0 Å². The van der Waals surface area contributed by atoms with Gasteiger partial charge in [-0.1, -0.05) is 24.3 Å². The first-order valence-electron chi connectivity index (χ1n) is 7.50. The van der Waals surface area contributed by atoms with E-state index < -0.39 is 0 Å². The van der Waals surface area contributed by atoms with Crippen molar-refractivity contribution in [3.63, 3.8) is 0 Å². The van der Waals surface area contributed by atoms with E-state index in [0.29, 0.717) is 5.92 Å². The van der Waals surface area contributed by atoms with E-state index in [-0.39, 0.29) is 0 Å². The van der Waals surface area contributed by atoms with Crippen molar-refractivity contribution in [2.45, 2.75) is 44.7 Å². The van der Waals surface area contributed by atoms with Gasteiger partial charge in [0, 0.05) is 12.6 Å². The zero-order chi connectivity index (χ0) is 12.9. The van der Waals surface area contributed by atoms with Gasteiger partial charge in [0.15, 0.2) is 0 Å². The van der Waals surface area contributed by atoms with Crippen molar-refractivity contribution in [3.05, 3.63) is 42.0 Å². The maximum absolute atomic E-state index is 5.88. The number of benzene rings is 1. The van der Waals surface area contributed by atoms with E-state index in [2.05, 4.69) is 41.7 Å². The Kier molecular flexibility index (Phi) is 4.19. The molecule has 0 saturated heterocycles. The first kappa shape index (κ1) is 12.7. The lowest BCUT2D eigenvalue weighted by atomic mass is 9.95. The molecule has 0 heterocycles. The number of nitrogens with one attached hydrogen (secondary N) is 1. The summed E-state index contributed by atoms with van der Waals surface area (Å²) in [4.78, 5) is 0. The van der Waals surface area contributed by atoms with Crippen molar-refractivity contribution in [1.82, 2.24) is 5.32 Å². The maximum atomic E-state index is 5.88. The number of ether oxygens (including phenoxy) is 1. The topological polar surface area (TPSA) is 21.3 Å². The third-order valence-electron chi connectivity index (χ3n) is 3.96. The highest BCUT2D eigenvalue weighted by atomic mass is 16.5. The minimum absolute atomic E-state index is 0.696. The molecule has 0 amide bonds. The molecular weight excluding hydrogens is 234 g/mol. The number of rotatable bonds is 6. The zero-order valence-electron chi connectivity index (χ0n) is 11.5. The van der Waals surface area contributed by atoms with E-state index >= 15 is 0 Å². The second-order valence-electron chi connectivity index (χ2n) is 5.76. The summed E-state index contributed by atoms with van der Waals surface area (Å²) >= 11 is 0. The van der Waals surface area contributed by atoms with Crippen LogP contribution in [-0.4, -0.2) is 12.6 Å². The molecule has 1 fully saturated rings. The molecule has 1 saturated carbocycles. The van der Waals surface area contributed by atoms with E-state index in [1.807, 2.05) is 0 Å². The highest BCUT2D eigenvalue weighted by Gasteiger charge is 2.19. The first-order chi connectivity index (χ1) is 9.40. The Morgan fingerprint density at radius 1 is 1.05 bits per heavy atom. The highest BCUT2D eigenvalue weighted by Crippen LogP contribution is 2.21. The van der Waals surface area contributed by atoms with Crippen molar-refractivity contribution in [2.24, 2.45) is 5.92 Å². The molecule has 0 spiro atoms. The van der Waals surface area contributed by atoms with Gasteiger partial charge in [-0.2, -0.15) is 0 Å². The zero-order valence-corrected chi connectivity index (χ0v) is 11.5. The van der Waals surface area contributed by atoms with Crippen molar-refractivity contribution in [1.29, 1.82) is 0 Å². The molecule has 102 valence electrons. The van der Waals surface area contributed by atoms with E-state index in [1.165, 1.54) is 37.7 Å². The molecule has 1 atom stereocenters. The molecule has 2 heteroatoms. The predicted molar refractivity (Wildman–Crippen MR) is 78.3 cm³/mol. The molecule has 2 aliphatic rings. The van der Waals surface area contributed by atoms with Crippen LogP contribution in [0.5, 0.6) is 5.75 Å². The fraction of sp³-hybridized carbons (Fsp3) is 0.529. The van der Waals surface area contributed by atoms with Crippen LogP contribution in [0.15, 0.2) is 36.4 Å². The summed E-state index contributed by atoms with van der Waals surface area (Å²) < 4.78 is 5.88. The smallest absolute Gasteiger partial charge is 0.119 e. The van der Waals surface area contributed by atoms with Crippen LogP contribution in [0.4, 0.5) is 0 Å². The SMILES string of the molecule is C1=CCC(COc2ccc(CNC3CC3)cc2)CC1. The van der Waals surface area contributed by atoms with Crippen LogP contribution >= 0.6 is 0 Å². The summed E-state index contributed by atoms with van der Waals surface area (Å²) in [5.41, 5.74) is 1.35. The highest BCUT2D eigenvalue weighted by molar-refractivity contribution is 5.27. The molecule has 0 radical (unpaired) electrons. The Bertz CT molecular complexity index is 419. The van der Waals surface area contributed by atoms with E-state index in [0.717, 1.165) is 24.9 Å². The monoisotopic (exact) mass is 257 g/mol. The van der Waals surface area contributed by atoms with Gasteiger partial charge < -0.3 is 10.1 Å². The second kappa shape index (κ2) is 6.25. The van der Waals surface area contributed by atoms with Gasteiger partial charge in [0.05, 0.1) is 6.61 Å². The van der Waals surface area contributed by atoms with Gasteiger partial charge >= 0.3 is 0 Å². The van der Waals surface area contributed by atoms with Gasteiger partial charge in [-0.25, -0.2) is 0 Å². The minimum Gasteiger partial charge on any atom is -0.493 e. The van der Waals surface area contributed by atoms with Crippen LogP contribution in [0.25, 0.3) is 0 Å². The minimum atomic E-state index is 0.696. The quantitative estimate of drug-likeness (QED) is 0.785. The molecule has 1 aromatic carbocycles. The number of allylic oxidation sites excluding steroid dienone is 2. The maximum Gasteiger partial charge on any atom is 0.119 e. The predicted octanol–water partition coefficient (Wildman–Crippen LogP) is 3.67. The second-order valence-corrected chi connectivity index (χ2v) is 5.76. The summed E-state index contributed by atoms with van der Waals surface area (Å²) in [6.45, 7) is 1.84. The van der Waals surface area contributed by atoms with Gasteiger partial charge in [0.2, 0.25) is 0 Å². The lowest BCUT2D eigenvalue weighted by Crippen LogP contribution is -2.15. The first-order valence-corrected chi connectivity index (χ1v) is 7.50. The molecule has 2 nitrogen and oxygen atoms in total. The molecule has 1 aromatic rings. The molecule has 2 aliphatic carbocycles. The Hall–Kier alpha value is -1.28. The summed E-state index contributed by atoms with van der Waals surface area (Å²) in [5, 5.41) is 3.53. The molecule has 0 aromatic heterocycles. The normalized spacial score (nSPS) is 22.4. The summed E-state index contributed by atoms with van der Waals surface area (Å²) in [6, 6.07) is 9.32.